The second kappa shape index (κ2) is 18.8. The van der Waals surface area contributed by atoms with Crippen LogP contribution in [0.25, 0.3) is 0 Å². The number of hydrogen-bond donors (Lipinski definition) is 3. The van der Waals surface area contributed by atoms with Crippen molar-refractivity contribution in [2.75, 3.05) is 29.9 Å². The SMILES string of the molecule is O=C(O)C(F)(F)F.O=C(O)C(F)(F)F.O=C(c1cc(Cl)cc(OCCNc2ccncc2)c1)N(CCCn1cncn1)c1ccc(F)cc1. The number of carbonyl (C=O) groups excluding carboxylic acids is 1. The van der Waals surface area contributed by atoms with Gasteiger partial charge in [0.25, 0.3) is 5.91 Å². The third kappa shape index (κ3) is 14.9. The molecule has 49 heavy (non-hydrogen) atoms. The molecule has 2 aromatic carbocycles. The molecule has 0 fully saturated rings. The maximum absolute atomic E-state index is 13.5. The molecule has 20 heteroatoms. The number of anilines is 2. The van der Waals surface area contributed by atoms with E-state index in [2.05, 4.69) is 20.4 Å². The zero-order chi connectivity index (χ0) is 36.6. The standard InChI is InChI=1S/C25H24ClFN6O2.2C2HF3O2/c26-20-14-19(15-24(16-20)35-13-10-30-22-6-8-28-9-7-22)25(34)33(23-4-2-21(27)3-5-23)12-1-11-32-18-29-17-31-32;2*3-2(4,5)1(6)7/h2-9,14-18H,1,10-13H2,(H,28,30);2*(H,6,7). The second-order valence-electron chi connectivity index (χ2n) is 9.24. The Labute approximate surface area is 277 Å². The van der Waals surface area contributed by atoms with E-state index in [1.165, 1.54) is 18.5 Å². The third-order valence-electron chi connectivity index (χ3n) is 5.60. The van der Waals surface area contributed by atoms with Crippen LogP contribution in [-0.4, -0.2) is 79.9 Å². The van der Waals surface area contributed by atoms with Gasteiger partial charge in [0, 0.05) is 54.0 Å². The van der Waals surface area contributed by atoms with Crippen molar-refractivity contribution in [2.45, 2.75) is 25.3 Å². The molecule has 0 atom stereocenters. The molecule has 0 aliphatic carbocycles. The van der Waals surface area contributed by atoms with Crippen LogP contribution in [0.2, 0.25) is 5.02 Å². The summed E-state index contributed by atoms with van der Waals surface area (Å²) < 4.78 is 84.5. The first-order valence-corrected chi connectivity index (χ1v) is 13.9. The average molecular weight is 723 g/mol. The lowest BCUT2D eigenvalue weighted by molar-refractivity contribution is -0.193. The molecule has 4 aromatic rings. The smallest absolute Gasteiger partial charge is 0.490 e. The number of aromatic nitrogens is 4. The molecule has 264 valence electrons. The molecule has 0 aliphatic rings. The van der Waals surface area contributed by atoms with Crippen molar-refractivity contribution in [3.05, 3.63) is 96.0 Å². The molecule has 0 saturated heterocycles. The molecule has 2 aromatic heterocycles. The average Bonchev–Trinajstić information content (AvgIpc) is 3.55. The maximum atomic E-state index is 13.5. The van der Waals surface area contributed by atoms with Crippen LogP contribution in [0.5, 0.6) is 5.75 Å². The van der Waals surface area contributed by atoms with Crippen molar-refractivity contribution >= 4 is 40.8 Å². The largest absolute Gasteiger partial charge is 0.492 e. The Balaban J connectivity index is 0.000000500. The predicted octanol–water partition coefficient (Wildman–Crippen LogP) is 5.96. The summed E-state index contributed by atoms with van der Waals surface area (Å²) in [6.45, 7) is 1.90. The molecule has 0 radical (unpaired) electrons. The number of alkyl halides is 6. The molecule has 0 aliphatic heterocycles. The zero-order valence-corrected chi connectivity index (χ0v) is 25.6. The van der Waals surface area contributed by atoms with E-state index in [9.17, 15) is 35.5 Å². The summed E-state index contributed by atoms with van der Waals surface area (Å²) >= 11 is 6.30. The van der Waals surface area contributed by atoms with Gasteiger partial charge in [0.1, 0.15) is 30.8 Å². The van der Waals surface area contributed by atoms with Gasteiger partial charge in [0.15, 0.2) is 0 Å². The lowest BCUT2D eigenvalue weighted by Gasteiger charge is -2.23. The molecule has 3 N–H and O–H groups in total. The molecule has 0 unspecified atom stereocenters. The highest BCUT2D eigenvalue weighted by molar-refractivity contribution is 6.31. The summed E-state index contributed by atoms with van der Waals surface area (Å²) in [5, 5.41) is 22.0. The summed E-state index contributed by atoms with van der Waals surface area (Å²) in [4.78, 5) is 40.8. The number of pyridine rings is 1. The first-order chi connectivity index (χ1) is 23.0. The fraction of sp³-hybridized carbons (Fsp3) is 0.241. The molecular weight excluding hydrogens is 697 g/mol. The van der Waals surface area contributed by atoms with E-state index < -0.39 is 24.3 Å². The number of aliphatic carboxylic acids is 2. The van der Waals surface area contributed by atoms with E-state index >= 15 is 0 Å². The summed E-state index contributed by atoms with van der Waals surface area (Å²) in [5.41, 5.74) is 1.89. The van der Waals surface area contributed by atoms with Gasteiger partial charge in [0.2, 0.25) is 0 Å². The number of aryl methyl sites for hydroxylation is 1. The first kappa shape index (κ1) is 39.7. The van der Waals surface area contributed by atoms with Crippen LogP contribution < -0.4 is 15.0 Å². The van der Waals surface area contributed by atoms with Gasteiger partial charge >= 0.3 is 24.3 Å². The highest BCUT2D eigenvalue weighted by Gasteiger charge is 2.38. The van der Waals surface area contributed by atoms with Crippen LogP contribution in [-0.2, 0) is 16.1 Å². The minimum atomic E-state index is -5.08. The quantitative estimate of drug-likeness (QED) is 0.125. The minimum Gasteiger partial charge on any atom is -0.492 e. The van der Waals surface area contributed by atoms with Crippen molar-refractivity contribution in [2.24, 2.45) is 0 Å². The Morgan fingerprint density at radius 2 is 1.49 bits per heavy atom. The van der Waals surface area contributed by atoms with Crippen LogP contribution in [0.15, 0.2) is 79.6 Å². The van der Waals surface area contributed by atoms with Gasteiger partial charge in [-0.25, -0.2) is 19.0 Å². The Morgan fingerprint density at radius 1 is 0.898 bits per heavy atom. The Morgan fingerprint density at radius 3 is 2.02 bits per heavy atom. The van der Waals surface area contributed by atoms with Crippen molar-refractivity contribution < 1.29 is 60.1 Å². The van der Waals surface area contributed by atoms with Crippen molar-refractivity contribution in [3.8, 4) is 5.75 Å². The number of carboxylic acids is 2. The number of ether oxygens (including phenoxy) is 1. The Hall–Kier alpha value is -5.46. The molecule has 12 nitrogen and oxygen atoms in total. The summed E-state index contributed by atoms with van der Waals surface area (Å²) in [6.07, 6.45) is -3.05. The number of carbonyl (C=O) groups is 3. The van der Waals surface area contributed by atoms with Gasteiger partial charge in [-0.1, -0.05) is 11.6 Å². The van der Waals surface area contributed by atoms with Gasteiger partial charge in [0.05, 0.1) is 0 Å². The van der Waals surface area contributed by atoms with Crippen LogP contribution in [0.1, 0.15) is 16.8 Å². The number of nitrogens with one attached hydrogen (secondary N) is 1. The van der Waals surface area contributed by atoms with Crippen LogP contribution in [0.4, 0.5) is 42.1 Å². The van der Waals surface area contributed by atoms with Crippen molar-refractivity contribution in [3.63, 3.8) is 0 Å². The first-order valence-electron chi connectivity index (χ1n) is 13.5. The van der Waals surface area contributed by atoms with Gasteiger partial charge in [-0.15, -0.1) is 0 Å². The van der Waals surface area contributed by atoms with Gasteiger partial charge < -0.3 is 25.2 Å². The van der Waals surface area contributed by atoms with Gasteiger partial charge in [-0.2, -0.15) is 31.4 Å². The lowest BCUT2D eigenvalue weighted by Crippen LogP contribution is -2.32. The van der Waals surface area contributed by atoms with Gasteiger partial charge in [-0.05, 0) is 61.0 Å². The van der Waals surface area contributed by atoms with E-state index in [0.717, 1.165) is 5.69 Å². The number of halogens is 8. The summed E-state index contributed by atoms with van der Waals surface area (Å²) in [6, 6.07) is 14.5. The number of hydrogen-bond acceptors (Lipinski definition) is 8. The number of benzene rings is 2. The highest BCUT2D eigenvalue weighted by atomic mass is 35.5. The number of nitrogens with zero attached hydrogens (tertiary/aromatic N) is 5. The second-order valence-corrected chi connectivity index (χ2v) is 9.67. The van der Waals surface area contributed by atoms with Crippen molar-refractivity contribution in [1.82, 2.24) is 19.7 Å². The molecular formula is C29H26ClF7N6O6. The molecule has 1 amide bonds. The van der Waals surface area contributed by atoms with E-state index in [-0.39, 0.29) is 11.7 Å². The number of rotatable bonds is 11. The fourth-order valence-electron chi connectivity index (χ4n) is 3.47. The molecule has 4 rings (SSSR count). The lowest BCUT2D eigenvalue weighted by atomic mass is 10.1. The summed E-state index contributed by atoms with van der Waals surface area (Å²) in [7, 11) is 0. The van der Waals surface area contributed by atoms with Crippen LogP contribution >= 0.6 is 11.6 Å². The van der Waals surface area contributed by atoms with Crippen molar-refractivity contribution in [1.29, 1.82) is 0 Å². The third-order valence-corrected chi connectivity index (χ3v) is 5.82. The zero-order valence-electron chi connectivity index (χ0n) is 24.8. The predicted molar refractivity (Wildman–Crippen MR) is 160 cm³/mol. The van der Waals surface area contributed by atoms with Crippen LogP contribution in [0.3, 0.4) is 0 Å². The molecule has 0 saturated carbocycles. The Kier molecular flexibility index (Phi) is 15.2. The monoisotopic (exact) mass is 722 g/mol. The number of amides is 1. The topological polar surface area (TPSA) is 160 Å². The summed E-state index contributed by atoms with van der Waals surface area (Å²) in [5.74, 6) is -5.67. The van der Waals surface area contributed by atoms with E-state index in [0.29, 0.717) is 54.7 Å². The molecule has 2 heterocycles. The minimum absolute atomic E-state index is 0.266. The van der Waals surface area contributed by atoms with Gasteiger partial charge in [-0.3, -0.25) is 14.5 Å². The van der Waals surface area contributed by atoms with E-state index in [1.807, 2.05) is 12.1 Å². The Bertz CT molecular complexity index is 1600. The normalized spacial score (nSPS) is 10.9. The molecule has 0 spiro atoms. The van der Waals surface area contributed by atoms with Crippen LogP contribution in [0, 0.1) is 5.82 Å². The highest BCUT2D eigenvalue weighted by Crippen LogP contribution is 2.25. The van der Waals surface area contributed by atoms with E-state index in [4.69, 9.17) is 36.1 Å². The maximum Gasteiger partial charge on any atom is 0.490 e. The fourth-order valence-corrected chi connectivity index (χ4v) is 3.69. The van der Waals surface area contributed by atoms with E-state index in [1.54, 1.807) is 58.6 Å². The number of carboxylic acid groups (broad SMARTS) is 2. The molecule has 0 bridgehead atoms.